The van der Waals surface area contributed by atoms with Crippen LogP contribution >= 0.6 is 27.5 Å². The van der Waals surface area contributed by atoms with E-state index in [0.717, 1.165) is 15.6 Å². The van der Waals surface area contributed by atoms with Crippen LogP contribution in [0.4, 0.5) is 0 Å². The molecule has 0 aliphatic carbocycles. The minimum absolute atomic E-state index is 0.00181. The number of carbonyl (C=O) groups is 2. The van der Waals surface area contributed by atoms with Crippen LogP contribution in [0.1, 0.15) is 52.7 Å². The van der Waals surface area contributed by atoms with Crippen LogP contribution in [0.3, 0.4) is 0 Å². The van der Waals surface area contributed by atoms with Gasteiger partial charge in [-0.25, -0.2) is 0 Å². The number of benzene rings is 2. The van der Waals surface area contributed by atoms with Crippen molar-refractivity contribution in [1.29, 1.82) is 0 Å². The van der Waals surface area contributed by atoms with Gasteiger partial charge < -0.3 is 15.0 Å². The molecule has 1 N–H and O–H groups in total. The molecule has 0 bridgehead atoms. The highest BCUT2D eigenvalue weighted by Gasteiger charge is 2.27. The quantitative estimate of drug-likeness (QED) is 0.481. The summed E-state index contributed by atoms with van der Waals surface area (Å²) in [5.41, 5.74) is 1.92. The fourth-order valence-electron chi connectivity index (χ4n) is 3.10. The Morgan fingerprint density at radius 1 is 1.12 bits per heavy atom. The van der Waals surface area contributed by atoms with E-state index in [2.05, 4.69) is 42.0 Å². The van der Waals surface area contributed by atoms with E-state index in [1.165, 1.54) is 4.90 Å². The van der Waals surface area contributed by atoms with Crippen molar-refractivity contribution < 1.29 is 14.3 Å². The zero-order chi connectivity index (χ0) is 24.1. The van der Waals surface area contributed by atoms with Crippen molar-refractivity contribution in [3.8, 4) is 5.75 Å². The Kier molecular flexibility index (Phi) is 9.17. The fraction of sp³-hybridized carbons (Fsp3) is 0.440. The first-order valence-corrected chi connectivity index (χ1v) is 11.8. The van der Waals surface area contributed by atoms with Crippen LogP contribution < -0.4 is 10.1 Å². The van der Waals surface area contributed by atoms with Crippen molar-refractivity contribution in [2.24, 2.45) is 0 Å². The molecule has 5 nitrogen and oxygen atoms in total. The van der Waals surface area contributed by atoms with Gasteiger partial charge in [0.25, 0.3) is 5.91 Å². The van der Waals surface area contributed by atoms with Crippen molar-refractivity contribution >= 4 is 39.3 Å². The number of amides is 2. The number of nitrogens with zero attached hydrogens (tertiary/aromatic N) is 1. The summed E-state index contributed by atoms with van der Waals surface area (Å²) in [5.74, 6) is 0.0440. The van der Waals surface area contributed by atoms with E-state index in [0.29, 0.717) is 10.8 Å². The zero-order valence-corrected chi connectivity index (χ0v) is 21.9. The molecule has 0 aromatic heterocycles. The van der Waals surface area contributed by atoms with Gasteiger partial charge >= 0.3 is 0 Å². The topological polar surface area (TPSA) is 58.6 Å². The summed E-state index contributed by atoms with van der Waals surface area (Å²) in [6.07, 6.45) is 0. The van der Waals surface area contributed by atoms with Crippen LogP contribution in [-0.4, -0.2) is 35.4 Å². The summed E-state index contributed by atoms with van der Waals surface area (Å²) in [6.45, 7) is 11.9. The average molecular weight is 524 g/mol. The predicted octanol–water partition coefficient (Wildman–Crippen LogP) is 5.72. The second-order valence-corrected chi connectivity index (χ2v) is 10.4. The second kappa shape index (κ2) is 11.2. The van der Waals surface area contributed by atoms with Gasteiger partial charge in [0, 0.05) is 17.6 Å². The molecule has 0 heterocycles. The Labute approximate surface area is 204 Å². The van der Waals surface area contributed by atoms with Gasteiger partial charge in [-0.15, -0.1) is 0 Å². The van der Waals surface area contributed by atoms with Crippen molar-refractivity contribution in [2.45, 2.75) is 65.6 Å². The van der Waals surface area contributed by atoms with Crippen molar-refractivity contribution in [3.63, 3.8) is 0 Å². The summed E-state index contributed by atoms with van der Waals surface area (Å²) in [6, 6.07) is 12.4. The molecule has 0 unspecified atom stereocenters. The number of hydrogen-bond donors (Lipinski definition) is 1. The Balaban J connectivity index is 2.20. The van der Waals surface area contributed by atoms with Gasteiger partial charge in [0.1, 0.15) is 11.8 Å². The predicted molar refractivity (Wildman–Crippen MR) is 133 cm³/mol. The first kappa shape index (κ1) is 26.2. The number of ether oxygens (including phenoxy) is 1. The molecule has 0 saturated carbocycles. The molecule has 32 heavy (non-hydrogen) atoms. The molecule has 174 valence electrons. The van der Waals surface area contributed by atoms with E-state index in [1.54, 1.807) is 13.0 Å². The molecule has 0 spiro atoms. The summed E-state index contributed by atoms with van der Waals surface area (Å²) in [7, 11) is 0. The molecule has 2 aromatic carbocycles. The Morgan fingerprint density at radius 2 is 1.78 bits per heavy atom. The third-order valence-electron chi connectivity index (χ3n) is 5.05. The first-order valence-electron chi connectivity index (χ1n) is 10.7. The Morgan fingerprint density at radius 3 is 2.34 bits per heavy atom. The molecule has 2 aromatic rings. The van der Waals surface area contributed by atoms with E-state index in [4.69, 9.17) is 16.3 Å². The largest absolute Gasteiger partial charge is 0.483 e. The van der Waals surface area contributed by atoms with Gasteiger partial charge in [-0.05, 0) is 71.4 Å². The van der Waals surface area contributed by atoms with Gasteiger partial charge in [0.15, 0.2) is 6.61 Å². The summed E-state index contributed by atoms with van der Waals surface area (Å²) in [4.78, 5) is 27.3. The molecule has 2 amide bonds. The van der Waals surface area contributed by atoms with Crippen LogP contribution in [0.2, 0.25) is 5.02 Å². The highest BCUT2D eigenvalue weighted by atomic mass is 79.9. The smallest absolute Gasteiger partial charge is 0.261 e. The van der Waals surface area contributed by atoms with Crippen molar-refractivity contribution in [1.82, 2.24) is 10.2 Å². The van der Waals surface area contributed by atoms with Crippen molar-refractivity contribution in [3.05, 3.63) is 63.1 Å². The number of nitrogens with one attached hydrogen (secondary N) is 1. The zero-order valence-electron chi connectivity index (χ0n) is 19.5. The molecular formula is C25H32BrClN2O3. The molecular weight excluding hydrogens is 492 g/mol. The maximum absolute atomic E-state index is 13.2. The van der Waals surface area contributed by atoms with E-state index in [-0.39, 0.29) is 36.4 Å². The molecule has 0 fully saturated rings. The number of rotatable bonds is 8. The van der Waals surface area contributed by atoms with Gasteiger partial charge in [-0.2, -0.15) is 0 Å². The SMILES string of the molecule is CC(C)NC(=O)[C@H](C)N(Cc1ccccc1Cl)C(=O)COc1ccc(C(C)(C)C)cc1Br. The van der Waals surface area contributed by atoms with Crippen molar-refractivity contribution in [2.75, 3.05) is 6.61 Å². The lowest BCUT2D eigenvalue weighted by Gasteiger charge is -2.29. The number of halogens is 2. The lowest BCUT2D eigenvalue weighted by atomic mass is 9.87. The number of hydrogen-bond acceptors (Lipinski definition) is 3. The van der Waals surface area contributed by atoms with Gasteiger partial charge in [-0.3, -0.25) is 9.59 Å². The molecule has 0 aliphatic rings. The normalized spacial score (nSPS) is 12.4. The van der Waals surface area contributed by atoms with E-state index in [9.17, 15) is 9.59 Å². The lowest BCUT2D eigenvalue weighted by Crippen LogP contribution is -2.50. The van der Waals surface area contributed by atoms with Crippen LogP contribution in [0.15, 0.2) is 46.9 Å². The lowest BCUT2D eigenvalue weighted by molar-refractivity contribution is -0.142. The van der Waals surface area contributed by atoms with Crippen LogP contribution in [0.5, 0.6) is 5.75 Å². The van der Waals surface area contributed by atoms with Gasteiger partial charge in [0.05, 0.1) is 4.47 Å². The molecule has 0 aliphatic heterocycles. The van der Waals surface area contributed by atoms with E-state index in [1.807, 2.05) is 50.2 Å². The van der Waals surface area contributed by atoms with Gasteiger partial charge in [-0.1, -0.05) is 56.6 Å². The molecule has 0 radical (unpaired) electrons. The maximum Gasteiger partial charge on any atom is 0.261 e. The summed E-state index contributed by atoms with van der Waals surface area (Å²) >= 11 is 9.85. The second-order valence-electron chi connectivity index (χ2n) is 9.14. The summed E-state index contributed by atoms with van der Waals surface area (Å²) < 4.78 is 6.60. The average Bonchev–Trinajstić information content (AvgIpc) is 2.70. The minimum Gasteiger partial charge on any atom is -0.483 e. The molecule has 7 heteroatoms. The van der Waals surface area contributed by atoms with Gasteiger partial charge in [0.2, 0.25) is 5.91 Å². The van der Waals surface area contributed by atoms with Crippen LogP contribution in [0.25, 0.3) is 0 Å². The molecule has 1 atom stereocenters. The standard InChI is InChI=1S/C25H32BrClN2O3/c1-16(2)28-24(31)17(3)29(14-18-9-7-8-10-21(18)27)23(30)15-32-22-12-11-19(13-20(22)26)25(4,5)6/h7-13,16-17H,14-15H2,1-6H3,(H,28,31)/t17-/m0/s1. The maximum atomic E-state index is 13.2. The Bertz CT molecular complexity index is 956. The molecule has 0 saturated heterocycles. The highest BCUT2D eigenvalue weighted by Crippen LogP contribution is 2.31. The molecule has 2 rings (SSSR count). The van der Waals surface area contributed by atoms with Crippen LogP contribution in [0, 0.1) is 0 Å². The minimum atomic E-state index is -0.684. The first-order chi connectivity index (χ1) is 14.9. The Hall–Kier alpha value is -2.05. The highest BCUT2D eigenvalue weighted by molar-refractivity contribution is 9.10. The third-order valence-corrected chi connectivity index (χ3v) is 6.03. The third kappa shape index (κ3) is 7.24. The van der Waals surface area contributed by atoms with E-state index < -0.39 is 6.04 Å². The van der Waals surface area contributed by atoms with Crippen LogP contribution in [-0.2, 0) is 21.5 Å². The van der Waals surface area contributed by atoms with E-state index >= 15 is 0 Å². The number of carbonyl (C=O) groups excluding carboxylic acids is 2. The monoisotopic (exact) mass is 522 g/mol. The fourth-order valence-corrected chi connectivity index (χ4v) is 3.79. The summed E-state index contributed by atoms with van der Waals surface area (Å²) in [5, 5.41) is 3.41.